The van der Waals surface area contributed by atoms with Gasteiger partial charge in [-0.05, 0) is 53.9 Å². The first-order valence-corrected chi connectivity index (χ1v) is 9.48. The van der Waals surface area contributed by atoms with Gasteiger partial charge in [-0.3, -0.25) is 4.79 Å². The van der Waals surface area contributed by atoms with Gasteiger partial charge >= 0.3 is 0 Å². The Bertz CT molecular complexity index is 992. The number of hydrogen-bond donors (Lipinski definition) is 1. The summed E-state index contributed by atoms with van der Waals surface area (Å²) in [5, 5.41) is 4.73. The van der Waals surface area contributed by atoms with E-state index in [9.17, 15) is 13.6 Å². The molecule has 5 heteroatoms. The summed E-state index contributed by atoms with van der Waals surface area (Å²) in [5.41, 5.74) is 2.34. The minimum Gasteiger partial charge on any atom is -0.350 e. The summed E-state index contributed by atoms with van der Waals surface area (Å²) in [6.45, 7) is 4.72. The van der Waals surface area contributed by atoms with E-state index in [1.165, 1.54) is 12.1 Å². The Kier molecular flexibility index (Phi) is 5.33. The molecule has 0 saturated carbocycles. The zero-order valence-electron chi connectivity index (χ0n) is 15.3. The van der Waals surface area contributed by atoms with Gasteiger partial charge in [-0.2, -0.15) is 0 Å². The highest BCUT2D eigenvalue weighted by atomic mass is 79.9. The van der Waals surface area contributed by atoms with Crippen LogP contribution in [0, 0.1) is 0 Å². The third-order valence-corrected chi connectivity index (χ3v) is 5.04. The molecule has 1 N–H and O–H groups in total. The summed E-state index contributed by atoms with van der Waals surface area (Å²) in [7, 11) is 0. The molecule has 140 valence electrons. The fraction of sp³-hybridized carbons (Fsp3) is 0.227. The summed E-state index contributed by atoms with van der Waals surface area (Å²) in [6.07, 6.45) is 0. The van der Waals surface area contributed by atoms with Gasteiger partial charge in [0.05, 0.1) is 0 Å². The second-order valence-corrected chi connectivity index (χ2v) is 7.80. The number of fused-ring (bicyclic) bond motifs is 1. The maximum Gasteiger partial charge on any atom is 0.270 e. The second kappa shape index (κ2) is 7.39. The lowest BCUT2D eigenvalue weighted by atomic mass is 9.95. The molecule has 0 aliphatic rings. The first kappa shape index (κ1) is 19.5. The number of carbonyl (C=O) groups is 1. The van der Waals surface area contributed by atoms with Gasteiger partial charge in [-0.25, -0.2) is 8.78 Å². The standard InChI is InChI=1S/C22H20BrF2NO/c1-13(2)26-21(27)15-6-9-18-17(10-11-20(23)19(18)12-15)14-4-7-16(8-5-14)22(3,24)25/h4-13H,1-3H3,(H,26,27). The number of hydrogen-bond acceptors (Lipinski definition) is 1. The molecule has 0 spiro atoms. The van der Waals surface area contributed by atoms with E-state index in [0.29, 0.717) is 5.56 Å². The quantitative estimate of drug-likeness (QED) is 0.500. The molecule has 0 aliphatic carbocycles. The van der Waals surface area contributed by atoms with E-state index in [4.69, 9.17) is 0 Å². The van der Waals surface area contributed by atoms with Crippen molar-refractivity contribution in [3.8, 4) is 11.1 Å². The van der Waals surface area contributed by atoms with Crippen LogP contribution in [0.1, 0.15) is 36.7 Å². The number of amides is 1. The highest BCUT2D eigenvalue weighted by molar-refractivity contribution is 9.10. The van der Waals surface area contributed by atoms with Crippen LogP contribution in [-0.4, -0.2) is 11.9 Å². The number of alkyl halides is 2. The van der Waals surface area contributed by atoms with Crippen LogP contribution in [-0.2, 0) is 5.92 Å². The minimum atomic E-state index is -2.86. The van der Waals surface area contributed by atoms with E-state index < -0.39 is 5.92 Å². The van der Waals surface area contributed by atoms with Gasteiger partial charge in [0.15, 0.2) is 0 Å². The van der Waals surface area contributed by atoms with Crippen molar-refractivity contribution in [2.75, 3.05) is 0 Å². The Labute approximate surface area is 165 Å². The molecule has 3 aromatic rings. The van der Waals surface area contributed by atoms with Gasteiger partial charge in [0, 0.05) is 28.6 Å². The van der Waals surface area contributed by atoms with Crippen molar-refractivity contribution in [3.05, 3.63) is 70.2 Å². The van der Waals surface area contributed by atoms with E-state index in [0.717, 1.165) is 33.3 Å². The largest absolute Gasteiger partial charge is 0.350 e. The van der Waals surface area contributed by atoms with Crippen LogP contribution in [0.15, 0.2) is 59.1 Å². The van der Waals surface area contributed by atoms with Crippen LogP contribution in [0.25, 0.3) is 21.9 Å². The van der Waals surface area contributed by atoms with Crippen LogP contribution in [0.2, 0.25) is 0 Å². The van der Waals surface area contributed by atoms with Crippen LogP contribution in [0.4, 0.5) is 8.78 Å². The van der Waals surface area contributed by atoms with Crippen molar-refractivity contribution >= 4 is 32.6 Å². The topological polar surface area (TPSA) is 29.1 Å². The molecule has 0 saturated heterocycles. The van der Waals surface area contributed by atoms with Gasteiger partial charge in [0.2, 0.25) is 0 Å². The molecule has 1 amide bonds. The SMILES string of the molecule is CC(C)NC(=O)c1ccc2c(-c3ccc(C(C)(F)F)cc3)ccc(Br)c2c1. The average Bonchev–Trinajstić information content (AvgIpc) is 2.61. The summed E-state index contributed by atoms with van der Waals surface area (Å²) in [4.78, 5) is 12.3. The molecule has 0 fully saturated rings. The summed E-state index contributed by atoms with van der Waals surface area (Å²) in [5.74, 6) is -2.99. The Hall–Kier alpha value is -2.27. The first-order chi connectivity index (χ1) is 12.7. The predicted octanol–water partition coefficient (Wildman–Crippen LogP) is 6.52. The monoisotopic (exact) mass is 431 g/mol. The molecule has 2 nitrogen and oxygen atoms in total. The number of rotatable bonds is 4. The Morgan fingerprint density at radius 3 is 2.26 bits per heavy atom. The van der Waals surface area contributed by atoms with E-state index in [1.54, 1.807) is 18.2 Å². The van der Waals surface area contributed by atoms with E-state index >= 15 is 0 Å². The molecule has 0 bridgehead atoms. The molecule has 0 atom stereocenters. The normalized spacial score (nSPS) is 11.8. The Balaban J connectivity index is 2.07. The predicted molar refractivity (Wildman–Crippen MR) is 109 cm³/mol. The highest BCUT2D eigenvalue weighted by Crippen LogP contribution is 2.35. The lowest BCUT2D eigenvalue weighted by Crippen LogP contribution is -2.29. The lowest BCUT2D eigenvalue weighted by Gasteiger charge is -2.14. The lowest BCUT2D eigenvalue weighted by molar-refractivity contribution is 0.0175. The van der Waals surface area contributed by atoms with Gasteiger partial charge in [0.1, 0.15) is 0 Å². The molecule has 0 heterocycles. The molecule has 3 aromatic carbocycles. The maximum absolute atomic E-state index is 13.5. The van der Waals surface area contributed by atoms with Crippen molar-refractivity contribution < 1.29 is 13.6 Å². The zero-order chi connectivity index (χ0) is 19.8. The molecule has 0 unspecified atom stereocenters. The number of benzene rings is 3. The van der Waals surface area contributed by atoms with Crippen molar-refractivity contribution in [3.63, 3.8) is 0 Å². The third-order valence-electron chi connectivity index (χ3n) is 4.35. The van der Waals surface area contributed by atoms with E-state index in [1.807, 2.05) is 38.1 Å². The van der Waals surface area contributed by atoms with Crippen molar-refractivity contribution in [1.82, 2.24) is 5.32 Å². The van der Waals surface area contributed by atoms with Gasteiger partial charge in [0.25, 0.3) is 11.8 Å². The Morgan fingerprint density at radius 1 is 1.00 bits per heavy atom. The van der Waals surface area contributed by atoms with Crippen molar-refractivity contribution in [2.45, 2.75) is 32.7 Å². The minimum absolute atomic E-state index is 0.0136. The van der Waals surface area contributed by atoms with E-state index in [-0.39, 0.29) is 17.5 Å². The summed E-state index contributed by atoms with van der Waals surface area (Å²) < 4.78 is 27.8. The van der Waals surface area contributed by atoms with Crippen molar-refractivity contribution in [2.24, 2.45) is 0 Å². The molecular weight excluding hydrogens is 412 g/mol. The molecular formula is C22H20BrF2NO. The van der Waals surface area contributed by atoms with Gasteiger partial charge in [-0.1, -0.05) is 52.3 Å². The average molecular weight is 432 g/mol. The smallest absolute Gasteiger partial charge is 0.270 e. The molecule has 0 radical (unpaired) electrons. The van der Waals surface area contributed by atoms with Gasteiger partial charge in [-0.15, -0.1) is 0 Å². The van der Waals surface area contributed by atoms with Crippen LogP contribution < -0.4 is 5.32 Å². The maximum atomic E-state index is 13.5. The van der Waals surface area contributed by atoms with Gasteiger partial charge < -0.3 is 5.32 Å². The number of nitrogens with one attached hydrogen (secondary N) is 1. The van der Waals surface area contributed by atoms with Crippen LogP contribution in [0.3, 0.4) is 0 Å². The molecule has 27 heavy (non-hydrogen) atoms. The number of carbonyl (C=O) groups excluding carboxylic acids is 1. The highest BCUT2D eigenvalue weighted by Gasteiger charge is 2.23. The fourth-order valence-electron chi connectivity index (χ4n) is 2.99. The molecule has 0 aromatic heterocycles. The van der Waals surface area contributed by atoms with E-state index in [2.05, 4.69) is 21.2 Å². The van der Waals surface area contributed by atoms with Crippen LogP contribution >= 0.6 is 15.9 Å². The summed E-state index contributed by atoms with van der Waals surface area (Å²) in [6, 6.07) is 15.7. The Morgan fingerprint density at radius 2 is 1.67 bits per heavy atom. The zero-order valence-corrected chi connectivity index (χ0v) is 16.9. The van der Waals surface area contributed by atoms with Crippen molar-refractivity contribution in [1.29, 1.82) is 0 Å². The molecule has 3 rings (SSSR count). The fourth-order valence-corrected chi connectivity index (χ4v) is 3.45. The first-order valence-electron chi connectivity index (χ1n) is 8.68. The second-order valence-electron chi connectivity index (χ2n) is 6.95. The molecule has 0 aliphatic heterocycles. The van der Waals surface area contributed by atoms with Crippen LogP contribution in [0.5, 0.6) is 0 Å². The summed E-state index contributed by atoms with van der Waals surface area (Å²) >= 11 is 3.54. The number of halogens is 3. The third kappa shape index (κ3) is 4.19.